The second kappa shape index (κ2) is 10.9. The van der Waals surface area contributed by atoms with E-state index in [-0.39, 0.29) is 11.9 Å². The van der Waals surface area contributed by atoms with E-state index in [1.807, 2.05) is 52.3 Å². The SMILES string of the molecule is COc1ccc(N2CCN(C(=O)c3cccc(N4CCCN(Cc5cccc(C)c5)C4=O)c3)CC2)cc1. The Labute approximate surface area is 218 Å². The number of hydrogen-bond donors (Lipinski definition) is 0. The summed E-state index contributed by atoms with van der Waals surface area (Å²) >= 11 is 0. The van der Waals surface area contributed by atoms with E-state index in [0.717, 1.165) is 48.7 Å². The normalized spacial score (nSPS) is 16.2. The van der Waals surface area contributed by atoms with E-state index in [2.05, 4.69) is 42.2 Å². The topological polar surface area (TPSA) is 56.3 Å². The van der Waals surface area contributed by atoms with Gasteiger partial charge < -0.3 is 19.4 Å². The van der Waals surface area contributed by atoms with Gasteiger partial charge in [-0.1, -0.05) is 35.9 Å². The molecular weight excluding hydrogens is 464 g/mol. The van der Waals surface area contributed by atoms with Crippen molar-refractivity contribution in [3.63, 3.8) is 0 Å². The summed E-state index contributed by atoms with van der Waals surface area (Å²) in [6.45, 7) is 6.90. The van der Waals surface area contributed by atoms with E-state index >= 15 is 0 Å². The van der Waals surface area contributed by atoms with Crippen molar-refractivity contribution in [2.45, 2.75) is 19.9 Å². The molecule has 3 aromatic rings. The number of nitrogens with zero attached hydrogens (tertiary/aromatic N) is 4. The number of ether oxygens (including phenoxy) is 1. The number of anilines is 2. The van der Waals surface area contributed by atoms with Crippen molar-refractivity contribution in [2.75, 3.05) is 56.2 Å². The first-order valence-corrected chi connectivity index (χ1v) is 12.9. The number of aryl methyl sites for hydroxylation is 1. The predicted octanol–water partition coefficient (Wildman–Crippen LogP) is 4.80. The van der Waals surface area contributed by atoms with Crippen LogP contribution >= 0.6 is 0 Å². The highest BCUT2D eigenvalue weighted by atomic mass is 16.5. The molecule has 2 aliphatic rings. The maximum atomic E-state index is 13.4. The Morgan fingerprint density at radius 1 is 0.838 bits per heavy atom. The molecule has 0 aliphatic carbocycles. The molecule has 192 valence electrons. The molecule has 2 fully saturated rings. The summed E-state index contributed by atoms with van der Waals surface area (Å²) in [6.07, 6.45) is 0.892. The molecule has 0 radical (unpaired) electrons. The van der Waals surface area contributed by atoms with Gasteiger partial charge in [-0.3, -0.25) is 9.69 Å². The van der Waals surface area contributed by atoms with Gasteiger partial charge in [-0.05, 0) is 61.4 Å². The quantitative estimate of drug-likeness (QED) is 0.490. The minimum Gasteiger partial charge on any atom is -0.497 e. The van der Waals surface area contributed by atoms with Crippen molar-refractivity contribution in [1.29, 1.82) is 0 Å². The molecule has 0 saturated carbocycles. The van der Waals surface area contributed by atoms with Crippen molar-refractivity contribution in [3.8, 4) is 5.75 Å². The molecule has 2 heterocycles. The van der Waals surface area contributed by atoms with E-state index in [4.69, 9.17) is 4.74 Å². The lowest BCUT2D eigenvalue weighted by Crippen LogP contribution is -2.49. The molecule has 37 heavy (non-hydrogen) atoms. The Morgan fingerprint density at radius 3 is 2.32 bits per heavy atom. The second-order valence-corrected chi connectivity index (χ2v) is 9.73. The van der Waals surface area contributed by atoms with Crippen molar-refractivity contribution >= 4 is 23.3 Å². The van der Waals surface area contributed by atoms with Gasteiger partial charge in [0.2, 0.25) is 0 Å². The Bertz CT molecular complexity index is 1250. The highest BCUT2D eigenvalue weighted by Gasteiger charge is 2.28. The summed E-state index contributed by atoms with van der Waals surface area (Å²) in [5.41, 5.74) is 4.86. The van der Waals surface area contributed by atoms with E-state index in [9.17, 15) is 9.59 Å². The van der Waals surface area contributed by atoms with Crippen LogP contribution in [0, 0.1) is 6.92 Å². The van der Waals surface area contributed by atoms with Crippen molar-refractivity contribution in [2.24, 2.45) is 0 Å². The van der Waals surface area contributed by atoms with Gasteiger partial charge in [0, 0.05) is 62.8 Å². The first-order chi connectivity index (χ1) is 18.0. The van der Waals surface area contributed by atoms with Gasteiger partial charge >= 0.3 is 6.03 Å². The van der Waals surface area contributed by atoms with Crippen LogP contribution in [-0.2, 0) is 6.54 Å². The molecule has 2 saturated heterocycles. The molecule has 2 aliphatic heterocycles. The third kappa shape index (κ3) is 5.56. The lowest BCUT2D eigenvalue weighted by atomic mass is 10.1. The van der Waals surface area contributed by atoms with E-state index in [0.29, 0.717) is 31.7 Å². The fourth-order valence-electron chi connectivity index (χ4n) is 5.15. The van der Waals surface area contributed by atoms with Crippen LogP contribution in [0.2, 0.25) is 0 Å². The van der Waals surface area contributed by atoms with Crippen LogP contribution in [0.25, 0.3) is 0 Å². The van der Waals surface area contributed by atoms with Gasteiger partial charge in [0.15, 0.2) is 0 Å². The van der Waals surface area contributed by atoms with Crippen LogP contribution in [0.5, 0.6) is 5.75 Å². The van der Waals surface area contributed by atoms with Crippen LogP contribution < -0.4 is 14.5 Å². The average Bonchev–Trinajstić information content (AvgIpc) is 2.94. The number of amides is 3. The number of carbonyl (C=O) groups is 2. The van der Waals surface area contributed by atoms with Crippen LogP contribution in [0.1, 0.15) is 27.9 Å². The molecule has 7 nitrogen and oxygen atoms in total. The molecule has 0 spiro atoms. The standard InChI is InChI=1S/C30H34N4O3/c1-23-6-3-7-24(20-23)22-33-14-5-15-34(30(33)36)27-9-4-8-25(21-27)29(35)32-18-16-31(17-19-32)26-10-12-28(37-2)13-11-26/h3-4,6-13,20-21H,5,14-19,22H2,1-2H3. The highest BCUT2D eigenvalue weighted by Crippen LogP contribution is 2.25. The largest absolute Gasteiger partial charge is 0.497 e. The van der Waals surface area contributed by atoms with Crippen molar-refractivity contribution < 1.29 is 14.3 Å². The lowest BCUT2D eigenvalue weighted by Gasteiger charge is -2.37. The average molecular weight is 499 g/mol. The number of carbonyl (C=O) groups excluding carboxylic acids is 2. The smallest absolute Gasteiger partial charge is 0.324 e. The summed E-state index contributed by atoms with van der Waals surface area (Å²) < 4.78 is 5.25. The second-order valence-electron chi connectivity index (χ2n) is 9.73. The van der Waals surface area contributed by atoms with Gasteiger partial charge in [0.05, 0.1) is 7.11 Å². The number of piperazine rings is 1. The molecule has 7 heteroatoms. The summed E-state index contributed by atoms with van der Waals surface area (Å²) in [5.74, 6) is 0.847. The predicted molar refractivity (Wildman–Crippen MR) is 147 cm³/mol. The van der Waals surface area contributed by atoms with Crippen molar-refractivity contribution in [3.05, 3.63) is 89.5 Å². The first kappa shape index (κ1) is 24.7. The Morgan fingerprint density at radius 2 is 1.59 bits per heavy atom. The summed E-state index contributed by atoms with van der Waals surface area (Å²) in [6, 6.07) is 23.8. The molecule has 0 bridgehead atoms. The number of urea groups is 1. The monoisotopic (exact) mass is 498 g/mol. The third-order valence-electron chi connectivity index (χ3n) is 7.18. The molecular formula is C30H34N4O3. The number of rotatable bonds is 6. The Hall–Kier alpha value is -4.00. The van der Waals surface area contributed by atoms with Gasteiger partial charge in [-0.2, -0.15) is 0 Å². The first-order valence-electron chi connectivity index (χ1n) is 12.9. The van der Waals surface area contributed by atoms with Crippen LogP contribution in [0.15, 0.2) is 72.8 Å². The fraction of sp³-hybridized carbons (Fsp3) is 0.333. The zero-order valence-electron chi connectivity index (χ0n) is 21.6. The molecule has 5 rings (SSSR count). The van der Waals surface area contributed by atoms with Gasteiger partial charge in [0.1, 0.15) is 5.75 Å². The summed E-state index contributed by atoms with van der Waals surface area (Å²) in [5, 5.41) is 0. The van der Waals surface area contributed by atoms with Gasteiger partial charge in [0.25, 0.3) is 5.91 Å². The third-order valence-corrected chi connectivity index (χ3v) is 7.18. The zero-order valence-corrected chi connectivity index (χ0v) is 21.6. The maximum Gasteiger partial charge on any atom is 0.324 e. The summed E-state index contributed by atoms with van der Waals surface area (Å²) in [7, 11) is 1.66. The molecule has 0 atom stereocenters. The molecule has 0 aromatic heterocycles. The van der Waals surface area contributed by atoms with Crippen LogP contribution in [-0.4, -0.2) is 68.1 Å². The van der Waals surface area contributed by atoms with Crippen LogP contribution in [0.3, 0.4) is 0 Å². The number of methoxy groups -OCH3 is 1. The zero-order chi connectivity index (χ0) is 25.8. The van der Waals surface area contributed by atoms with Gasteiger partial charge in [-0.15, -0.1) is 0 Å². The number of hydrogen-bond acceptors (Lipinski definition) is 4. The maximum absolute atomic E-state index is 13.4. The van der Waals surface area contributed by atoms with Crippen LogP contribution in [0.4, 0.5) is 16.2 Å². The molecule has 0 unspecified atom stereocenters. The van der Waals surface area contributed by atoms with E-state index < -0.39 is 0 Å². The summed E-state index contributed by atoms with van der Waals surface area (Å²) in [4.78, 5) is 34.6. The Balaban J connectivity index is 1.23. The van der Waals surface area contributed by atoms with E-state index in [1.165, 1.54) is 5.56 Å². The Kier molecular flexibility index (Phi) is 7.30. The van der Waals surface area contributed by atoms with E-state index in [1.54, 1.807) is 12.0 Å². The minimum absolute atomic E-state index is 0.00883. The van der Waals surface area contributed by atoms with Crippen molar-refractivity contribution in [1.82, 2.24) is 9.80 Å². The minimum atomic E-state index is -0.00883. The lowest BCUT2D eigenvalue weighted by molar-refractivity contribution is 0.0746. The molecule has 3 aromatic carbocycles. The number of benzene rings is 3. The fourth-order valence-corrected chi connectivity index (χ4v) is 5.15. The molecule has 3 amide bonds. The van der Waals surface area contributed by atoms with Gasteiger partial charge in [-0.25, -0.2) is 4.79 Å². The molecule has 0 N–H and O–H groups in total. The highest BCUT2D eigenvalue weighted by molar-refractivity contribution is 5.98.